The summed E-state index contributed by atoms with van der Waals surface area (Å²) in [5.41, 5.74) is 7.78. The fourth-order valence-electron chi connectivity index (χ4n) is 1.79. The number of ether oxygens (including phenoxy) is 1. The van der Waals surface area contributed by atoms with Gasteiger partial charge in [-0.05, 0) is 42.3 Å². The van der Waals surface area contributed by atoms with Gasteiger partial charge in [-0.2, -0.15) is 0 Å². The van der Waals surface area contributed by atoms with Gasteiger partial charge >= 0.3 is 0 Å². The van der Waals surface area contributed by atoms with Crippen LogP contribution in [0, 0.1) is 12.7 Å². The lowest BCUT2D eigenvalue weighted by Gasteiger charge is -2.12. The summed E-state index contributed by atoms with van der Waals surface area (Å²) in [6.07, 6.45) is 0. The van der Waals surface area contributed by atoms with E-state index in [1.165, 1.54) is 12.1 Å². The normalized spacial score (nSPS) is 10.3. The van der Waals surface area contributed by atoms with E-state index in [2.05, 4.69) is 0 Å². The van der Waals surface area contributed by atoms with Crippen LogP contribution in [0.3, 0.4) is 0 Å². The van der Waals surface area contributed by atoms with Crippen molar-refractivity contribution >= 4 is 28.8 Å². The molecule has 0 amide bonds. The number of rotatable bonds is 4. The van der Waals surface area contributed by atoms with E-state index in [1.54, 1.807) is 18.2 Å². The van der Waals surface area contributed by atoms with E-state index in [9.17, 15) is 4.39 Å². The zero-order chi connectivity index (χ0) is 14.7. The predicted molar refractivity (Wildman–Crippen MR) is 82.8 cm³/mol. The molecule has 0 saturated heterocycles. The van der Waals surface area contributed by atoms with E-state index >= 15 is 0 Å². The van der Waals surface area contributed by atoms with Gasteiger partial charge in [-0.3, -0.25) is 0 Å². The quantitative estimate of drug-likeness (QED) is 0.867. The maximum absolute atomic E-state index is 13.2. The van der Waals surface area contributed by atoms with Crippen molar-refractivity contribution in [2.75, 3.05) is 0 Å². The minimum absolute atomic E-state index is 0.144. The molecule has 2 N–H and O–H groups in total. The van der Waals surface area contributed by atoms with Gasteiger partial charge in [0, 0.05) is 10.6 Å². The van der Waals surface area contributed by atoms with Crippen LogP contribution in [0.2, 0.25) is 5.02 Å². The molecule has 2 rings (SSSR count). The summed E-state index contributed by atoms with van der Waals surface area (Å²) in [4.78, 5) is 0.144. The average molecular weight is 310 g/mol. The van der Waals surface area contributed by atoms with Crippen molar-refractivity contribution in [3.05, 3.63) is 63.9 Å². The highest BCUT2D eigenvalue weighted by Crippen LogP contribution is 2.24. The maximum Gasteiger partial charge on any atom is 0.124 e. The lowest BCUT2D eigenvalue weighted by Crippen LogP contribution is -2.14. The highest BCUT2D eigenvalue weighted by Gasteiger charge is 2.09. The largest absolute Gasteiger partial charge is 0.489 e. The van der Waals surface area contributed by atoms with Crippen LogP contribution in [-0.4, -0.2) is 4.99 Å². The number of halogens is 2. The molecule has 0 saturated carbocycles. The van der Waals surface area contributed by atoms with Crippen molar-refractivity contribution in [2.24, 2.45) is 5.73 Å². The number of aryl methyl sites for hydroxylation is 1. The van der Waals surface area contributed by atoms with E-state index < -0.39 is 0 Å². The monoisotopic (exact) mass is 309 g/mol. The van der Waals surface area contributed by atoms with E-state index in [1.807, 2.05) is 13.0 Å². The van der Waals surface area contributed by atoms with E-state index in [-0.39, 0.29) is 17.4 Å². The highest BCUT2D eigenvalue weighted by atomic mass is 35.5. The molecule has 0 aromatic heterocycles. The summed E-state index contributed by atoms with van der Waals surface area (Å²) in [6.45, 7) is 2.17. The predicted octanol–water partition coefficient (Wildman–Crippen LogP) is 4.00. The second-order valence-corrected chi connectivity index (χ2v) is 5.24. The third kappa shape index (κ3) is 3.46. The molecule has 0 bridgehead atoms. The average Bonchev–Trinajstić information content (AvgIpc) is 2.40. The van der Waals surface area contributed by atoms with Crippen LogP contribution >= 0.6 is 23.8 Å². The number of hydrogen-bond donors (Lipinski definition) is 1. The van der Waals surface area contributed by atoms with Crippen LogP contribution in [0.5, 0.6) is 5.75 Å². The Hall–Kier alpha value is -1.65. The Kier molecular flexibility index (Phi) is 4.57. The Labute approximate surface area is 127 Å². The smallest absolute Gasteiger partial charge is 0.124 e. The van der Waals surface area contributed by atoms with Gasteiger partial charge in [-0.25, -0.2) is 4.39 Å². The number of thiocarbonyl (C=S) groups is 1. The molecule has 0 spiro atoms. The minimum atomic E-state index is -0.379. The van der Waals surface area contributed by atoms with Crippen molar-refractivity contribution in [1.29, 1.82) is 0 Å². The van der Waals surface area contributed by atoms with Crippen molar-refractivity contribution in [3.8, 4) is 5.75 Å². The Morgan fingerprint density at radius 3 is 2.75 bits per heavy atom. The Morgan fingerprint density at radius 1 is 1.30 bits per heavy atom. The second kappa shape index (κ2) is 6.20. The highest BCUT2D eigenvalue weighted by molar-refractivity contribution is 7.80. The molecule has 0 fully saturated rings. The van der Waals surface area contributed by atoms with Crippen LogP contribution < -0.4 is 10.5 Å². The van der Waals surface area contributed by atoms with Crippen molar-refractivity contribution < 1.29 is 9.13 Å². The molecule has 2 aromatic carbocycles. The molecule has 2 aromatic rings. The molecule has 0 atom stereocenters. The molecular formula is C15H13ClFNOS. The Morgan fingerprint density at radius 2 is 2.05 bits per heavy atom. The van der Waals surface area contributed by atoms with Gasteiger partial charge in [0.15, 0.2) is 0 Å². The molecule has 0 aliphatic heterocycles. The second-order valence-electron chi connectivity index (χ2n) is 4.36. The Bertz CT molecular complexity index is 660. The first kappa shape index (κ1) is 14.8. The molecular weight excluding hydrogens is 297 g/mol. The van der Waals surface area contributed by atoms with E-state index in [0.29, 0.717) is 16.3 Å². The fourth-order valence-corrected chi connectivity index (χ4v) is 2.14. The van der Waals surface area contributed by atoms with Crippen molar-refractivity contribution in [2.45, 2.75) is 13.5 Å². The van der Waals surface area contributed by atoms with Crippen LogP contribution in [0.4, 0.5) is 4.39 Å². The zero-order valence-electron chi connectivity index (χ0n) is 10.8. The first-order valence-electron chi connectivity index (χ1n) is 5.94. The van der Waals surface area contributed by atoms with Gasteiger partial charge in [0.2, 0.25) is 0 Å². The van der Waals surface area contributed by atoms with Crippen molar-refractivity contribution in [1.82, 2.24) is 0 Å². The lowest BCUT2D eigenvalue weighted by molar-refractivity contribution is 0.304. The molecule has 0 aliphatic rings. The van der Waals surface area contributed by atoms with Gasteiger partial charge in [0.25, 0.3) is 0 Å². The summed E-state index contributed by atoms with van der Waals surface area (Å²) < 4.78 is 18.9. The minimum Gasteiger partial charge on any atom is -0.489 e. The third-order valence-electron chi connectivity index (χ3n) is 2.87. The maximum atomic E-state index is 13.2. The van der Waals surface area contributed by atoms with Gasteiger partial charge in [0.1, 0.15) is 23.2 Å². The van der Waals surface area contributed by atoms with Gasteiger partial charge < -0.3 is 10.5 Å². The topological polar surface area (TPSA) is 35.2 Å². The molecule has 0 aliphatic carbocycles. The van der Waals surface area contributed by atoms with Crippen LogP contribution in [0.1, 0.15) is 16.7 Å². The van der Waals surface area contributed by atoms with Gasteiger partial charge in [-0.1, -0.05) is 36.0 Å². The van der Waals surface area contributed by atoms with Crippen LogP contribution in [0.15, 0.2) is 36.4 Å². The summed E-state index contributed by atoms with van der Waals surface area (Å²) in [5.74, 6) is 0.297. The molecule has 5 heteroatoms. The summed E-state index contributed by atoms with van der Waals surface area (Å²) in [7, 11) is 0. The molecule has 20 heavy (non-hydrogen) atoms. The molecule has 0 heterocycles. The molecule has 104 valence electrons. The fraction of sp³-hybridized carbons (Fsp3) is 0.133. The number of benzene rings is 2. The Balaban J connectivity index is 2.23. The van der Waals surface area contributed by atoms with Crippen LogP contribution in [-0.2, 0) is 6.61 Å². The summed E-state index contributed by atoms with van der Waals surface area (Å²) in [6, 6.07) is 9.68. The van der Waals surface area contributed by atoms with Gasteiger partial charge in [-0.15, -0.1) is 0 Å². The zero-order valence-corrected chi connectivity index (χ0v) is 12.4. The third-order valence-corrected chi connectivity index (χ3v) is 3.33. The summed E-state index contributed by atoms with van der Waals surface area (Å²) >= 11 is 10.9. The van der Waals surface area contributed by atoms with E-state index in [4.69, 9.17) is 34.3 Å². The number of nitrogens with two attached hydrogens (primary N) is 1. The van der Waals surface area contributed by atoms with Crippen LogP contribution in [0.25, 0.3) is 0 Å². The van der Waals surface area contributed by atoms with Gasteiger partial charge in [0.05, 0.1) is 0 Å². The lowest BCUT2D eigenvalue weighted by atomic mass is 10.1. The first-order chi connectivity index (χ1) is 9.47. The molecule has 2 nitrogen and oxygen atoms in total. The molecule has 0 unspecified atom stereocenters. The van der Waals surface area contributed by atoms with Crippen molar-refractivity contribution in [3.63, 3.8) is 0 Å². The summed E-state index contributed by atoms with van der Waals surface area (Å²) in [5, 5.41) is 0.597. The SMILES string of the molecule is Cc1ccc(Cl)cc1OCc1ccc(F)cc1C(N)=S. The number of hydrogen-bond acceptors (Lipinski definition) is 2. The first-order valence-corrected chi connectivity index (χ1v) is 6.73. The standard InChI is InChI=1S/C15H13ClFNOS/c1-9-2-4-11(16)6-14(9)19-8-10-3-5-12(17)7-13(10)15(18)20/h2-7H,8H2,1H3,(H2,18,20). The molecule has 0 radical (unpaired) electrons. The van der Waals surface area contributed by atoms with E-state index in [0.717, 1.165) is 11.1 Å².